The van der Waals surface area contributed by atoms with E-state index in [4.69, 9.17) is 0 Å². The Morgan fingerprint density at radius 1 is 1.27 bits per heavy atom. The fraction of sp³-hybridized carbons (Fsp3) is 0.600. The van der Waals surface area contributed by atoms with Crippen molar-refractivity contribution >= 4 is 11.9 Å². The van der Waals surface area contributed by atoms with Crippen LogP contribution in [0.15, 0.2) is 29.3 Å². The highest BCUT2D eigenvalue weighted by molar-refractivity contribution is 5.94. The number of hydrogen-bond acceptors (Lipinski definition) is 3. The van der Waals surface area contributed by atoms with Gasteiger partial charge in [-0.25, -0.2) is 0 Å². The molecule has 1 fully saturated rings. The molecule has 6 nitrogen and oxygen atoms in total. The predicted octanol–water partition coefficient (Wildman–Crippen LogP) is 1.79. The third-order valence-electron chi connectivity index (χ3n) is 4.70. The summed E-state index contributed by atoms with van der Waals surface area (Å²) < 4.78 is 0. The summed E-state index contributed by atoms with van der Waals surface area (Å²) in [5, 5.41) is 17.0. The molecule has 0 unspecified atom stereocenters. The monoisotopic (exact) mass is 360 g/mol. The number of guanidine groups is 1. The van der Waals surface area contributed by atoms with E-state index in [9.17, 15) is 9.90 Å². The minimum atomic E-state index is -0.636. The van der Waals surface area contributed by atoms with Crippen LogP contribution in [0.5, 0.6) is 0 Å². The Morgan fingerprint density at radius 2 is 2.00 bits per heavy atom. The van der Waals surface area contributed by atoms with Crippen molar-refractivity contribution in [3.63, 3.8) is 0 Å². The molecule has 0 spiro atoms. The molecule has 0 bridgehead atoms. The zero-order valence-corrected chi connectivity index (χ0v) is 16.2. The second kappa shape index (κ2) is 9.57. The van der Waals surface area contributed by atoms with Crippen LogP contribution >= 0.6 is 0 Å². The van der Waals surface area contributed by atoms with Crippen molar-refractivity contribution in [2.75, 3.05) is 33.7 Å². The molecule has 1 amide bonds. The molecule has 144 valence electrons. The summed E-state index contributed by atoms with van der Waals surface area (Å²) in [6.45, 7) is 3.95. The molecule has 1 aromatic carbocycles. The Morgan fingerprint density at radius 3 is 2.65 bits per heavy atom. The minimum Gasteiger partial charge on any atom is -0.388 e. The number of nitrogens with zero attached hydrogens (tertiary/aromatic N) is 2. The van der Waals surface area contributed by atoms with Crippen LogP contribution in [0.4, 0.5) is 0 Å². The summed E-state index contributed by atoms with van der Waals surface area (Å²) >= 11 is 0. The van der Waals surface area contributed by atoms with Crippen LogP contribution in [0.3, 0.4) is 0 Å². The first kappa shape index (κ1) is 20.2. The maximum absolute atomic E-state index is 12.1. The van der Waals surface area contributed by atoms with Gasteiger partial charge < -0.3 is 20.6 Å². The number of aliphatic imine (C=N–C) groups is 1. The summed E-state index contributed by atoms with van der Waals surface area (Å²) in [7, 11) is 3.52. The normalized spacial score (nSPS) is 16.4. The van der Waals surface area contributed by atoms with Crippen molar-refractivity contribution in [1.82, 2.24) is 15.5 Å². The smallest absolute Gasteiger partial charge is 0.253 e. The van der Waals surface area contributed by atoms with Crippen molar-refractivity contribution in [2.24, 2.45) is 4.99 Å². The summed E-state index contributed by atoms with van der Waals surface area (Å²) in [6, 6.07) is 7.73. The molecule has 2 rings (SSSR count). The van der Waals surface area contributed by atoms with Crippen LogP contribution in [0.1, 0.15) is 48.5 Å². The second-order valence-corrected chi connectivity index (χ2v) is 7.20. The zero-order valence-electron chi connectivity index (χ0n) is 16.2. The van der Waals surface area contributed by atoms with Gasteiger partial charge in [-0.15, -0.1) is 0 Å². The third-order valence-corrected chi connectivity index (χ3v) is 4.70. The van der Waals surface area contributed by atoms with E-state index >= 15 is 0 Å². The largest absolute Gasteiger partial charge is 0.388 e. The van der Waals surface area contributed by atoms with Gasteiger partial charge in [0.15, 0.2) is 5.96 Å². The first-order valence-electron chi connectivity index (χ1n) is 9.49. The number of benzene rings is 1. The SMILES string of the molecule is CCNC(=NCC1(O)CCCC1)NCCc1cccc(C(=O)N(C)C)c1. The number of aliphatic hydroxyl groups is 1. The molecule has 0 heterocycles. The fourth-order valence-corrected chi connectivity index (χ4v) is 3.20. The van der Waals surface area contributed by atoms with Crippen LogP contribution in [0.2, 0.25) is 0 Å². The van der Waals surface area contributed by atoms with E-state index in [1.807, 2.05) is 31.2 Å². The quantitative estimate of drug-likeness (QED) is 0.512. The first-order chi connectivity index (χ1) is 12.4. The lowest BCUT2D eigenvalue weighted by Crippen LogP contribution is -2.40. The number of carbonyl (C=O) groups excluding carboxylic acids is 1. The lowest BCUT2D eigenvalue weighted by molar-refractivity contribution is 0.0574. The molecule has 1 aliphatic carbocycles. The van der Waals surface area contributed by atoms with E-state index in [2.05, 4.69) is 15.6 Å². The molecule has 1 saturated carbocycles. The molecular weight excluding hydrogens is 328 g/mol. The van der Waals surface area contributed by atoms with Gasteiger partial charge in [0, 0.05) is 32.7 Å². The molecule has 0 atom stereocenters. The predicted molar refractivity (Wildman–Crippen MR) is 106 cm³/mol. The van der Waals surface area contributed by atoms with Gasteiger partial charge in [0.1, 0.15) is 0 Å². The third kappa shape index (κ3) is 6.02. The molecule has 1 aromatic rings. The minimum absolute atomic E-state index is 0.0134. The Hall–Kier alpha value is -2.08. The summed E-state index contributed by atoms with van der Waals surface area (Å²) in [5.41, 5.74) is 1.18. The number of carbonyl (C=O) groups is 1. The van der Waals surface area contributed by atoms with Gasteiger partial charge >= 0.3 is 0 Å². The summed E-state index contributed by atoms with van der Waals surface area (Å²) in [5.74, 6) is 0.743. The maximum atomic E-state index is 12.1. The second-order valence-electron chi connectivity index (χ2n) is 7.20. The Bertz CT molecular complexity index is 622. The van der Waals surface area contributed by atoms with Gasteiger partial charge in [0.25, 0.3) is 5.91 Å². The average Bonchev–Trinajstić information content (AvgIpc) is 3.06. The molecule has 3 N–H and O–H groups in total. The van der Waals surface area contributed by atoms with Crippen LogP contribution < -0.4 is 10.6 Å². The van der Waals surface area contributed by atoms with Gasteiger partial charge in [-0.2, -0.15) is 0 Å². The zero-order chi connectivity index (χ0) is 19.0. The van der Waals surface area contributed by atoms with Crippen molar-refractivity contribution in [3.05, 3.63) is 35.4 Å². The molecular formula is C20H32N4O2. The van der Waals surface area contributed by atoms with E-state index in [-0.39, 0.29) is 5.91 Å². The Labute approximate surface area is 156 Å². The molecule has 1 aliphatic rings. The Balaban J connectivity index is 1.89. The molecule has 0 aliphatic heterocycles. The van der Waals surface area contributed by atoms with Gasteiger partial charge in [0.05, 0.1) is 12.1 Å². The highest BCUT2D eigenvalue weighted by Crippen LogP contribution is 2.29. The molecule has 0 saturated heterocycles. The number of hydrogen-bond donors (Lipinski definition) is 3. The van der Waals surface area contributed by atoms with Gasteiger partial charge in [-0.3, -0.25) is 9.79 Å². The van der Waals surface area contributed by atoms with Gasteiger partial charge in [-0.05, 0) is 43.9 Å². The van der Waals surface area contributed by atoms with Crippen molar-refractivity contribution in [1.29, 1.82) is 0 Å². The number of nitrogens with one attached hydrogen (secondary N) is 2. The van der Waals surface area contributed by atoms with Crippen LogP contribution in [-0.2, 0) is 6.42 Å². The molecule has 0 radical (unpaired) electrons. The van der Waals surface area contributed by atoms with Crippen LogP contribution in [-0.4, -0.2) is 61.2 Å². The Kier molecular flexibility index (Phi) is 7.45. The highest BCUT2D eigenvalue weighted by atomic mass is 16.3. The molecule has 0 aromatic heterocycles. The van der Waals surface area contributed by atoms with E-state index in [1.54, 1.807) is 19.0 Å². The van der Waals surface area contributed by atoms with Crippen LogP contribution in [0, 0.1) is 0 Å². The van der Waals surface area contributed by atoms with Crippen molar-refractivity contribution in [2.45, 2.75) is 44.6 Å². The molecule has 6 heteroatoms. The summed E-state index contributed by atoms with van der Waals surface area (Å²) in [4.78, 5) is 18.2. The first-order valence-corrected chi connectivity index (χ1v) is 9.49. The van der Waals surface area contributed by atoms with E-state index < -0.39 is 5.60 Å². The maximum Gasteiger partial charge on any atom is 0.253 e. The van der Waals surface area contributed by atoms with Gasteiger partial charge in [0.2, 0.25) is 0 Å². The van der Waals surface area contributed by atoms with Crippen LogP contribution in [0.25, 0.3) is 0 Å². The average molecular weight is 361 g/mol. The number of rotatable bonds is 7. The van der Waals surface area contributed by atoms with Crippen molar-refractivity contribution < 1.29 is 9.90 Å². The lowest BCUT2D eigenvalue weighted by atomic mass is 10.0. The highest BCUT2D eigenvalue weighted by Gasteiger charge is 2.30. The van der Waals surface area contributed by atoms with Crippen molar-refractivity contribution in [3.8, 4) is 0 Å². The fourth-order valence-electron chi connectivity index (χ4n) is 3.20. The van der Waals surface area contributed by atoms with Gasteiger partial charge in [-0.1, -0.05) is 25.0 Å². The van der Waals surface area contributed by atoms with E-state index in [0.717, 1.165) is 50.2 Å². The summed E-state index contributed by atoms with van der Waals surface area (Å²) in [6.07, 6.45) is 4.63. The van der Waals surface area contributed by atoms with E-state index in [0.29, 0.717) is 18.7 Å². The van der Waals surface area contributed by atoms with E-state index in [1.165, 1.54) is 0 Å². The molecule has 26 heavy (non-hydrogen) atoms. The lowest BCUT2D eigenvalue weighted by Gasteiger charge is -2.20. The standard InChI is InChI=1S/C20H32N4O2/c1-4-21-19(23-15-20(26)11-5-6-12-20)22-13-10-16-8-7-9-17(14-16)18(25)24(2)3/h7-9,14,26H,4-6,10-13,15H2,1-3H3,(H2,21,22,23). The topological polar surface area (TPSA) is 77.0 Å². The number of amides is 1.